The van der Waals surface area contributed by atoms with Crippen LogP contribution in [0.1, 0.15) is 43.0 Å². The summed E-state index contributed by atoms with van der Waals surface area (Å²) < 4.78 is 0.786. The second kappa shape index (κ2) is 6.07. The first-order chi connectivity index (χ1) is 8.56. The number of carbonyl (C=O) groups is 1. The summed E-state index contributed by atoms with van der Waals surface area (Å²) in [5.41, 5.74) is 0.612. The Bertz CT molecular complexity index is 441. The van der Waals surface area contributed by atoms with Gasteiger partial charge in [0.15, 0.2) is 0 Å². The lowest BCUT2D eigenvalue weighted by atomic mass is 9.87. The molecule has 0 spiro atoms. The fourth-order valence-electron chi connectivity index (χ4n) is 2.34. The first kappa shape index (κ1) is 13.9. The van der Waals surface area contributed by atoms with Crippen molar-refractivity contribution in [1.82, 2.24) is 5.32 Å². The Morgan fingerprint density at radius 3 is 2.67 bits per heavy atom. The summed E-state index contributed by atoms with van der Waals surface area (Å²) in [5.74, 6) is 0.750. The quantitative estimate of drug-likeness (QED) is 0.855. The zero-order chi connectivity index (χ0) is 13.1. The van der Waals surface area contributed by atoms with Gasteiger partial charge in [0.05, 0.1) is 5.56 Å². The molecule has 0 unspecified atom stereocenters. The monoisotopic (exact) mass is 329 g/mol. The number of hydrogen-bond donors (Lipinski definition) is 1. The van der Waals surface area contributed by atoms with Gasteiger partial charge in [-0.15, -0.1) is 0 Å². The van der Waals surface area contributed by atoms with Crippen LogP contribution in [0.2, 0.25) is 5.02 Å². The highest BCUT2D eigenvalue weighted by Gasteiger charge is 2.21. The average Bonchev–Trinajstić information content (AvgIpc) is 2.35. The van der Waals surface area contributed by atoms with Crippen LogP contribution >= 0.6 is 27.5 Å². The van der Waals surface area contributed by atoms with Gasteiger partial charge in [-0.3, -0.25) is 4.79 Å². The van der Waals surface area contributed by atoms with Crippen LogP contribution in [0.4, 0.5) is 0 Å². The molecule has 98 valence electrons. The van der Waals surface area contributed by atoms with Crippen LogP contribution < -0.4 is 5.32 Å². The summed E-state index contributed by atoms with van der Waals surface area (Å²) in [6, 6.07) is 5.58. The molecule has 1 aliphatic carbocycles. The molecule has 1 amide bonds. The summed E-state index contributed by atoms with van der Waals surface area (Å²) >= 11 is 9.31. The van der Waals surface area contributed by atoms with Crippen molar-refractivity contribution in [3.8, 4) is 0 Å². The minimum atomic E-state index is -0.0380. The van der Waals surface area contributed by atoms with Crippen LogP contribution in [0, 0.1) is 5.92 Å². The fraction of sp³-hybridized carbons (Fsp3) is 0.500. The molecule has 1 aliphatic rings. The molecule has 0 bridgehead atoms. The molecule has 0 saturated heterocycles. The van der Waals surface area contributed by atoms with Crippen molar-refractivity contribution >= 4 is 33.4 Å². The highest BCUT2D eigenvalue weighted by atomic mass is 79.9. The van der Waals surface area contributed by atoms with E-state index in [-0.39, 0.29) is 5.91 Å². The van der Waals surface area contributed by atoms with Gasteiger partial charge >= 0.3 is 0 Å². The largest absolute Gasteiger partial charge is 0.349 e. The molecule has 2 nitrogen and oxygen atoms in total. The molecule has 0 aliphatic heterocycles. The van der Waals surface area contributed by atoms with Gasteiger partial charge in [-0.05, 0) is 65.7 Å². The standard InChI is InChI=1S/C14H17BrClNO/c1-9-2-5-11(6-3-9)17-14(18)12-8-10(16)4-7-13(12)15/h4,7-9,11H,2-3,5-6H2,1H3,(H,17,18). The molecule has 1 aromatic rings. The van der Waals surface area contributed by atoms with Crippen molar-refractivity contribution < 1.29 is 4.79 Å². The van der Waals surface area contributed by atoms with Gasteiger partial charge in [-0.1, -0.05) is 18.5 Å². The predicted octanol–water partition coefficient (Wildman–Crippen LogP) is 4.41. The van der Waals surface area contributed by atoms with Crippen LogP contribution in [0.25, 0.3) is 0 Å². The highest BCUT2D eigenvalue weighted by molar-refractivity contribution is 9.10. The van der Waals surface area contributed by atoms with Crippen molar-refractivity contribution in [2.24, 2.45) is 5.92 Å². The van der Waals surface area contributed by atoms with E-state index in [0.717, 1.165) is 23.2 Å². The van der Waals surface area contributed by atoms with Crippen LogP contribution in [-0.4, -0.2) is 11.9 Å². The Morgan fingerprint density at radius 1 is 1.33 bits per heavy atom. The molecule has 0 aromatic heterocycles. The Morgan fingerprint density at radius 2 is 2.00 bits per heavy atom. The first-order valence-electron chi connectivity index (χ1n) is 6.32. The zero-order valence-corrected chi connectivity index (χ0v) is 12.7. The minimum Gasteiger partial charge on any atom is -0.349 e. The summed E-state index contributed by atoms with van der Waals surface area (Å²) in [7, 11) is 0. The Labute approximate surface area is 121 Å². The third kappa shape index (κ3) is 3.48. The number of halogens is 2. The van der Waals surface area contributed by atoms with E-state index in [1.54, 1.807) is 18.2 Å². The molecule has 1 aromatic carbocycles. The average molecular weight is 331 g/mol. The van der Waals surface area contributed by atoms with Crippen molar-refractivity contribution in [3.63, 3.8) is 0 Å². The van der Waals surface area contributed by atoms with E-state index in [4.69, 9.17) is 11.6 Å². The predicted molar refractivity (Wildman–Crippen MR) is 78.0 cm³/mol. The maximum Gasteiger partial charge on any atom is 0.252 e. The van der Waals surface area contributed by atoms with Crippen molar-refractivity contribution in [2.75, 3.05) is 0 Å². The second-order valence-corrected chi connectivity index (χ2v) is 6.35. The molecule has 0 atom stereocenters. The third-order valence-electron chi connectivity index (χ3n) is 3.52. The molecule has 1 saturated carbocycles. The normalized spacial score (nSPS) is 23.7. The lowest BCUT2D eigenvalue weighted by molar-refractivity contribution is 0.0922. The van der Waals surface area contributed by atoms with E-state index < -0.39 is 0 Å². The van der Waals surface area contributed by atoms with Gasteiger partial charge in [0.1, 0.15) is 0 Å². The van der Waals surface area contributed by atoms with E-state index in [9.17, 15) is 4.79 Å². The van der Waals surface area contributed by atoms with Gasteiger partial charge in [0.25, 0.3) is 5.91 Å². The second-order valence-electron chi connectivity index (χ2n) is 5.05. The minimum absolute atomic E-state index is 0.0380. The van der Waals surface area contributed by atoms with Crippen molar-refractivity contribution in [3.05, 3.63) is 33.3 Å². The van der Waals surface area contributed by atoms with Gasteiger partial charge in [0, 0.05) is 15.5 Å². The van der Waals surface area contributed by atoms with Crippen LogP contribution in [0.3, 0.4) is 0 Å². The summed E-state index contributed by atoms with van der Waals surface area (Å²) in [5, 5.41) is 3.68. The molecule has 0 heterocycles. The van der Waals surface area contributed by atoms with E-state index in [2.05, 4.69) is 28.2 Å². The maximum atomic E-state index is 12.2. The topological polar surface area (TPSA) is 29.1 Å². The maximum absolute atomic E-state index is 12.2. The number of hydrogen-bond acceptors (Lipinski definition) is 1. The SMILES string of the molecule is CC1CCC(NC(=O)c2cc(Cl)ccc2Br)CC1. The van der Waals surface area contributed by atoms with E-state index in [0.29, 0.717) is 16.6 Å². The van der Waals surface area contributed by atoms with Gasteiger partial charge in [-0.25, -0.2) is 0 Å². The lowest BCUT2D eigenvalue weighted by Gasteiger charge is -2.27. The molecule has 1 N–H and O–H groups in total. The number of carbonyl (C=O) groups excluding carboxylic acids is 1. The molecule has 4 heteroatoms. The molecule has 18 heavy (non-hydrogen) atoms. The number of rotatable bonds is 2. The molecule has 1 fully saturated rings. The van der Waals surface area contributed by atoms with E-state index in [1.807, 2.05) is 0 Å². The Hall–Kier alpha value is -0.540. The number of amides is 1. The van der Waals surface area contributed by atoms with Crippen LogP contribution in [0.5, 0.6) is 0 Å². The fourth-order valence-corrected chi connectivity index (χ4v) is 2.94. The number of nitrogens with one attached hydrogen (secondary N) is 1. The third-order valence-corrected chi connectivity index (χ3v) is 4.45. The van der Waals surface area contributed by atoms with Gasteiger partial charge in [0.2, 0.25) is 0 Å². The number of benzene rings is 1. The smallest absolute Gasteiger partial charge is 0.252 e. The van der Waals surface area contributed by atoms with Crippen LogP contribution in [0.15, 0.2) is 22.7 Å². The van der Waals surface area contributed by atoms with Crippen LogP contribution in [-0.2, 0) is 0 Å². The molecule has 0 radical (unpaired) electrons. The van der Waals surface area contributed by atoms with E-state index >= 15 is 0 Å². The Balaban J connectivity index is 2.01. The molecule has 2 rings (SSSR count). The van der Waals surface area contributed by atoms with Crippen molar-refractivity contribution in [1.29, 1.82) is 0 Å². The summed E-state index contributed by atoms with van der Waals surface area (Å²) in [4.78, 5) is 12.2. The lowest BCUT2D eigenvalue weighted by Crippen LogP contribution is -2.37. The molecular weight excluding hydrogens is 314 g/mol. The summed E-state index contributed by atoms with van der Waals surface area (Å²) in [6.07, 6.45) is 4.54. The summed E-state index contributed by atoms with van der Waals surface area (Å²) in [6.45, 7) is 2.27. The Kier molecular flexibility index (Phi) is 4.68. The van der Waals surface area contributed by atoms with E-state index in [1.165, 1.54) is 12.8 Å². The van der Waals surface area contributed by atoms with Crippen molar-refractivity contribution in [2.45, 2.75) is 38.6 Å². The van der Waals surface area contributed by atoms with Gasteiger partial charge in [-0.2, -0.15) is 0 Å². The molecular formula is C14H17BrClNO. The first-order valence-corrected chi connectivity index (χ1v) is 7.49. The van der Waals surface area contributed by atoms with Gasteiger partial charge < -0.3 is 5.32 Å². The highest BCUT2D eigenvalue weighted by Crippen LogP contribution is 2.25. The zero-order valence-electron chi connectivity index (χ0n) is 10.4.